The number of hydrogen-bond acceptors (Lipinski definition) is 4. The van der Waals surface area contributed by atoms with Crippen molar-refractivity contribution in [3.05, 3.63) is 11.4 Å². The van der Waals surface area contributed by atoms with Gasteiger partial charge in [-0.3, -0.25) is 0 Å². The van der Waals surface area contributed by atoms with E-state index in [-0.39, 0.29) is 0 Å². The van der Waals surface area contributed by atoms with Gasteiger partial charge in [0.25, 0.3) is 0 Å². The summed E-state index contributed by atoms with van der Waals surface area (Å²) < 4.78 is 0. The maximum atomic E-state index is 4.77. The van der Waals surface area contributed by atoms with E-state index in [0.29, 0.717) is 6.04 Å². The molecule has 4 nitrogen and oxygen atoms in total. The van der Waals surface area contributed by atoms with E-state index in [1.807, 2.05) is 0 Å². The standard InChI is InChI=1S/C17H30N4/c1-5-8-15-20-16(18-11-6-2)13(4)17(21-15)19-14-10-7-9-12(14)3/h12,14H,5-11H2,1-4H3,(H2,18,19,20,21). The Hall–Kier alpha value is -1.32. The summed E-state index contributed by atoms with van der Waals surface area (Å²) in [6, 6.07) is 0.562. The second kappa shape index (κ2) is 7.62. The van der Waals surface area contributed by atoms with Crippen molar-refractivity contribution >= 4 is 11.6 Å². The predicted molar refractivity (Wildman–Crippen MR) is 90.0 cm³/mol. The Bertz CT molecular complexity index is 458. The molecule has 0 aliphatic heterocycles. The molecule has 0 amide bonds. The highest BCUT2D eigenvalue weighted by Crippen LogP contribution is 2.29. The van der Waals surface area contributed by atoms with Crippen molar-refractivity contribution in [1.82, 2.24) is 9.97 Å². The molecule has 1 aliphatic carbocycles. The van der Waals surface area contributed by atoms with Crippen LogP contribution in [0.5, 0.6) is 0 Å². The minimum atomic E-state index is 0.562. The van der Waals surface area contributed by atoms with Crippen molar-refractivity contribution in [2.75, 3.05) is 17.2 Å². The molecule has 2 unspecified atom stereocenters. The summed E-state index contributed by atoms with van der Waals surface area (Å²) in [7, 11) is 0. The Morgan fingerprint density at radius 3 is 2.48 bits per heavy atom. The van der Waals surface area contributed by atoms with Gasteiger partial charge in [-0.25, -0.2) is 9.97 Å². The lowest BCUT2D eigenvalue weighted by Gasteiger charge is -2.21. The Morgan fingerprint density at radius 2 is 1.86 bits per heavy atom. The molecule has 2 atom stereocenters. The van der Waals surface area contributed by atoms with Crippen LogP contribution in [0.2, 0.25) is 0 Å². The van der Waals surface area contributed by atoms with Crippen molar-refractivity contribution in [3.8, 4) is 0 Å². The van der Waals surface area contributed by atoms with Gasteiger partial charge < -0.3 is 10.6 Å². The molecule has 1 aromatic heterocycles. The van der Waals surface area contributed by atoms with E-state index in [1.165, 1.54) is 19.3 Å². The molecule has 1 aromatic rings. The molecule has 2 N–H and O–H groups in total. The number of aryl methyl sites for hydroxylation is 1. The molecule has 0 bridgehead atoms. The number of nitrogens with one attached hydrogen (secondary N) is 2. The van der Waals surface area contributed by atoms with E-state index in [2.05, 4.69) is 38.3 Å². The van der Waals surface area contributed by atoms with Crippen LogP contribution in [-0.2, 0) is 6.42 Å². The summed E-state index contributed by atoms with van der Waals surface area (Å²) >= 11 is 0. The minimum absolute atomic E-state index is 0.562. The van der Waals surface area contributed by atoms with Gasteiger partial charge in [0.1, 0.15) is 17.5 Å². The Labute approximate surface area is 129 Å². The molecule has 21 heavy (non-hydrogen) atoms. The summed E-state index contributed by atoms with van der Waals surface area (Å²) in [4.78, 5) is 9.46. The van der Waals surface area contributed by atoms with Gasteiger partial charge >= 0.3 is 0 Å². The van der Waals surface area contributed by atoms with E-state index in [1.54, 1.807) is 0 Å². The van der Waals surface area contributed by atoms with Gasteiger partial charge in [-0.05, 0) is 38.5 Å². The fourth-order valence-corrected chi connectivity index (χ4v) is 2.99. The van der Waals surface area contributed by atoms with Gasteiger partial charge in [0, 0.05) is 24.6 Å². The van der Waals surface area contributed by atoms with Crippen LogP contribution in [0.1, 0.15) is 64.3 Å². The third kappa shape index (κ3) is 4.08. The maximum absolute atomic E-state index is 4.77. The molecule has 1 fully saturated rings. The number of nitrogens with zero attached hydrogens (tertiary/aromatic N) is 2. The molecule has 0 saturated heterocycles. The van der Waals surface area contributed by atoms with Gasteiger partial charge in [-0.1, -0.05) is 27.2 Å². The van der Waals surface area contributed by atoms with Crippen LogP contribution >= 0.6 is 0 Å². The SMILES string of the molecule is CCCNc1nc(CCC)nc(NC2CCCC2C)c1C. The molecular weight excluding hydrogens is 260 g/mol. The topological polar surface area (TPSA) is 49.8 Å². The van der Waals surface area contributed by atoms with Gasteiger partial charge in [0.15, 0.2) is 0 Å². The average Bonchev–Trinajstić information content (AvgIpc) is 2.86. The van der Waals surface area contributed by atoms with Crippen molar-refractivity contribution in [2.24, 2.45) is 5.92 Å². The van der Waals surface area contributed by atoms with E-state index in [0.717, 1.165) is 54.7 Å². The lowest BCUT2D eigenvalue weighted by Crippen LogP contribution is -2.24. The molecule has 0 radical (unpaired) electrons. The maximum Gasteiger partial charge on any atom is 0.135 e. The molecule has 0 spiro atoms. The zero-order valence-corrected chi connectivity index (χ0v) is 14.0. The zero-order chi connectivity index (χ0) is 15.2. The molecular formula is C17H30N4. The highest BCUT2D eigenvalue weighted by Gasteiger charge is 2.24. The first kappa shape index (κ1) is 16.1. The molecule has 4 heteroatoms. The first-order valence-electron chi connectivity index (χ1n) is 8.53. The van der Waals surface area contributed by atoms with Crippen LogP contribution in [0.15, 0.2) is 0 Å². The largest absolute Gasteiger partial charge is 0.370 e. The number of aromatic nitrogens is 2. The fraction of sp³-hybridized carbons (Fsp3) is 0.765. The summed E-state index contributed by atoms with van der Waals surface area (Å²) in [6.07, 6.45) is 7.03. The van der Waals surface area contributed by atoms with Crippen molar-refractivity contribution < 1.29 is 0 Å². The molecule has 118 valence electrons. The van der Waals surface area contributed by atoms with Gasteiger partial charge in [0.2, 0.25) is 0 Å². The van der Waals surface area contributed by atoms with E-state index in [9.17, 15) is 0 Å². The van der Waals surface area contributed by atoms with Crippen LogP contribution in [0.25, 0.3) is 0 Å². The summed E-state index contributed by atoms with van der Waals surface area (Å²) in [5.74, 6) is 3.73. The third-order valence-electron chi connectivity index (χ3n) is 4.39. The molecule has 0 aromatic carbocycles. The zero-order valence-electron chi connectivity index (χ0n) is 14.0. The number of rotatable bonds is 7. The monoisotopic (exact) mass is 290 g/mol. The Morgan fingerprint density at radius 1 is 1.10 bits per heavy atom. The van der Waals surface area contributed by atoms with Crippen molar-refractivity contribution in [2.45, 2.75) is 72.3 Å². The van der Waals surface area contributed by atoms with Crippen molar-refractivity contribution in [1.29, 1.82) is 0 Å². The molecule has 1 heterocycles. The lowest BCUT2D eigenvalue weighted by molar-refractivity contribution is 0.554. The first-order chi connectivity index (χ1) is 10.2. The van der Waals surface area contributed by atoms with Crippen LogP contribution in [-0.4, -0.2) is 22.6 Å². The summed E-state index contributed by atoms with van der Waals surface area (Å²) in [5.41, 5.74) is 1.16. The molecule has 1 saturated carbocycles. The highest BCUT2D eigenvalue weighted by molar-refractivity contribution is 5.57. The Kier molecular flexibility index (Phi) is 5.83. The molecule has 2 rings (SSSR count). The summed E-state index contributed by atoms with van der Waals surface area (Å²) in [6.45, 7) is 9.77. The molecule has 1 aliphatic rings. The summed E-state index contributed by atoms with van der Waals surface area (Å²) in [5, 5.41) is 7.13. The number of hydrogen-bond donors (Lipinski definition) is 2. The Balaban J connectivity index is 2.22. The minimum Gasteiger partial charge on any atom is -0.370 e. The van der Waals surface area contributed by atoms with E-state index in [4.69, 9.17) is 9.97 Å². The first-order valence-corrected chi connectivity index (χ1v) is 8.53. The second-order valence-corrected chi connectivity index (χ2v) is 6.30. The normalized spacial score (nSPS) is 21.5. The van der Waals surface area contributed by atoms with Crippen LogP contribution in [0, 0.1) is 12.8 Å². The van der Waals surface area contributed by atoms with Crippen LogP contribution < -0.4 is 10.6 Å². The van der Waals surface area contributed by atoms with Gasteiger partial charge in [0.05, 0.1) is 0 Å². The lowest BCUT2D eigenvalue weighted by atomic mass is 10.1. The highest BCUT2D eigenvalue weighted by atomic mass is 15.1. The van der Waals surface area contributed by atoms with Crippen LogP contribution in [0.4, 0.5) is 11.6 Å². The number of anilines is 2. The second-order valence-electron chi connectivity index (χ2n) is 6.30. The third-order valence-corrected chi connectivity index (χ3v) is 4.39. The fourth-order valence-electron chi connectivity index (χ4n) is 2.99. The van der Waals surface area contributed by atoms with Crippen LogP contribution in [0.3, 0.4) is 0 Å². The van der Waals surface area contributed by atoms with Crippen molar-refractivity contribution in [3.63, 3.8) is 0 Å². The van der Waals surface area contributed by atoms with E-state index < -0.39 is 0 Å². The smallest absolute Gasteiger partial charge is 0.135 e. The van der Waals surface area contributed by atoms with Gasteiger partial charge in [-0.2, -0.15) is 0 Å². The van der Waals surface area contributed by atoms with Gasteiger partial charge in [-0.15, -0.1) is 0 Å². The predicted octanol–water partition coefficient (Wildman–Crippen LogP) is 4.16. The van der Waals surface area contributed by atoms with E-state index >= 15 is 0 Å². The average molecular weight is 290 g/mol. The quantitative estimate of drug-likeness (QED) is 0.791.